The zero-order valence-electron chi connectivity index (χ0n) is 30.7. The SMILES string of the molecule is Cn1nccc1-c1cc(N)ccc1OCCN1CCOCC1.Cn1nccc1-c1cc(NC(=O)Cc2ccccc2)ccc1OCCN1CCOCC1. The van der Waals surface area contributed by atoms with Gasteiger partial charge in [0.15, 0.2) is 0 Å². The third-order valence-electron chi connectivity index (χ3n) is 9.21. The number of nitrogens with zero attached hydrogens (tertiary/aromatic N) is 6. The smallest absolute Gasteiger partial charge is 0.228 e. The van der Waals surface area contributed by atoms with Crippen LogP contribution >= 0.6 is 0 Å². The molecule has 7 rings (SSSR count). The number of nitrogen functional groups attached to an aromatic ring is 1. The number of hydrogen-bond acceptors (Lipinski definition) is 10. The number of anilines is 2. The van der Waals surface area contributed by atoms with Crippen LogP contribution in [0, 0.1) is 0 Å². The fraction of sp³-hybridized carbons (Fsp3) is 0.375. The van der Waals surface area contributed by atoms with Crippen LogP contribution in [0.15, 0.2) is 91.3 Å². The highest BCUT2D eigenvalue weighted by Gasteiger charge is 2.16. The lowest BCUT2D eigenvalue weighted by Crippen LogP contribution is -2.38. The van der Waals surface area contributed by atoms with Crippen molar-refractivity contribution in [3.8, 4) is 34.0 Å². The van der Waals surface area contributed by atoms with Crippen molar-refractivity contribution in [3.63, 3.8) is 0 Å². The molecule has 13 nitrogen and oxygen atoms in total. The largest absolute Gasteiger partial charge is 0.492 e. The predicted octanol–water partition coefficient (Wildman–Crippen LogP) is 4.36. The predicted molar refractivity (Wildman–Crippen MR) is 206 cm³/mol. The lowest BCUT2D eigenvalue weighted by atomic mass is 10.1. The summed E-state index contributed by atoms with van der Waals surface area (Å²) in [4.78, 5) is 17.2. The molecule has 53 heavy (non-hydrogen) atoms. The molecule has 1 amide bonds. The van der Waals surface area contributed by atoms with E-state index in [2.05, 4.69) is 25.3 Å². The first-order valence-electron chi connectivity index (χ1n) is 18.1. The quantitative estimate of drug-likeness (QED) is 0.169. The van der Waals surface area contributed by atoms with Crippen LogP contribution in [0.3, 0.4) is 0 Å². The maximum atomic E-state index is 12.5. The van der Waals surface area contributed by atoms with Crippen LogP contribution in [-0.4, -0.2) is 114 Å². The molecule has 0 aliphatic carbocycles. The van der Waals surface area contributed by atoms with Crippen molar-refractivity contribution in [2.45, 2.75) is 6.42 Å². The Bertz CT molecular complexity index is 1880. The minimum Gasteiger partial charge on any atom is -0.492 e. The van der Waals surface area contributed by atoms with E-state index >= 15 is 0 Å². The molecule has 0 saturated carbocycles. The Morgan fingerprint density at radius 1 is 0.717 bits per heavy atom. The van der Waals surface area contributed by atoms with E-state index in [9.17, 15) is 4.79 Å². The van der Waals surface area contributed by atoms with Crippen LogP contribution in [0.2, 0.25) is 0 Å². The molecule has 0 bridgehead atoms. The molecule has 0 radical (unpaired) electrons. The third-order valence-corrected chi connectivity index (χ3v) is 9.21. The number of nitrogens with two attached hydrogens (primary N) is 1. The van der Waals surface area contributed by atoms with E-state index in [1.54, 1.807) is 17.1 Å². The second-order valence-electron chi connectivity index (χ2n) is 13.0. The van der Waals surface area contributed by atoms with E-state index in [0.29, 0.717) is 19.6 Å². The molecule has 2 saturated heterocycles. The first-order valence-corrected chi connectivity index (χ1v) is 18.1. The normalized spacial score (nSPS) is 15.0. The van der Waals surface area contributed by atoms with Gasteiger partial charge in [-0.1, -0.05) is 30.3 Å². The number of rotatable bonds is 13. The Morgan fingerprint density at radius 3 is 1.77 bits per heavy atom. The fourth-order valence-corrected chi connectivity index (χ4v) is 6.29. The summed E-state index contributed by atoms with van der Waals surface area (Å²) in [6, 6.07) is 25.1. The molecule has 280 valence electrons. The summed E-state index contributed by atoms with van der Waals surface area (Å²) >= 11 is 0. The van der Waals surface area contributed by atoms with Gasteiger partial charge in [-0.25, -0.2) is 0 Å². The maximum Gasteiger partial charge on any atom is 0.228 e. The molecule has 3 aromatic carbocycles. The highest BCUT2D eigenvalue weighted by atomic mass is 16.5. The van der Waals surface area contributed by atoms with Crippen molar-refractivity contribution in [1.82, 2.24) is 29.4 Å². The highest BCUT2D eigenvalue weighted by Crippen LogP contribution is 2.33. The molecular formula is C40H50N8O5. The molecule has 2 aliphatic rings. The Labute approximate surface area is 311 Å². The maximum absolute atomic E-state index is 12.5. The standard InChI is InChI=1S/C24H28N4O3.C16H22N4O2/c1-27-22(9-10-25-27)21-18-20(26-24(29)17-19-5-3-2-4-6-19)7-8-23(21)31-16-13-28-11-14-30-15-12-28;1-19-15(4-5-18-19)14-12-13(17)2-3-16(14)22-11-8-20-6-9-21-10-7-20/h2-10,18H,11-17H2,1H3,(H,26,29);2-5,12H,6-11,17H2,1H3. The molecule has 2 aliphatic heterocycles. The van der Waals surface area contributed by atoms with E-state index in [-0.39, 0.29) is 5.91 Å². The number of ether oxygens (including phenoxy) is 4. The van der Waals surface area contributed by atoms with Crippen molar-refractivity contribution < 1.29 is 23.7 Å². The van der Waals surface area contributed by atoms with Gasteiger partial charge in [-0.3, -0.25) is 24.0 Å². The summed E-state index contributed by atoms with van der Waals surface area (Å²) in [5, 5.41) is 11.5. The zero-order valence-corrected chi connectivity index (χ0v) is 30.7. The van der Waals surface area contributed by atoms with Gasteiger partial charge in [0.1, 0.15) is 24.7 Å². The number of carbonyl (C=O) groups excluding carboxylic acids is 1. The average Bonchev–Trinajstić information content (AvgIpc) is 3.81. The number of hydrogen-bond donors (Lipinski definition) is 2. The summed E-state index contributed by atoms with van der Waals surface area (Å²) in [5.41, 5.74) is 12.2. The van der Waals surface area contributed by atoms with Crippen molar-refractivity contribution in [2.24, 2.45) is 14.1 Å². The molecular weight excluding hydrogens is 672 g/mol. The minimum atomic E-state index is -0.0526. The third kappa shape index (κ3) is 10.9. The minimum absolute atomic E-state index is 0.0526. The lowest BCUT2D eigenvalue weighted by molar-refractivity contribution is -0.115. The van der Waals surface area contributed by atoms with Gasteiger partial charge in [-0.2, -0.15) is 10.2 Å². The van der Waals surface area contributed by atoms with Crippen LogP contribution in [0.25, 0.3) is 22.5 Å². The van der Waals surface area contributed by atoms with Crippen LogP contribution in [0.1, 0.15) is 5.56 Å². The van der Waals surface area contributed by atoms with Gasteiger partial charge < -0.3 is 30.0 Å². The van der Waals surface area contributed by atoms with Gasteiger partial charge in [-0.05, 0) is 54.1 Å². The van der Waals surface area contributed by atoms with Crippen molar-refractivity contribution in [3.05, 3.63) is 96.8 Å². The van der Waals surface area contributed by atoms with E-state index in [1.807, 2.05) is 97.6 Å². The fourth-order valence-electron chi connectivity index (χ4n) is 6.29. The summed E-state index contributed by atoms with van der Waals surface area (Å²) < 4.78 is 26.5. The van der Waals surface area contributed by atoms with Crippen molar-refractivity contribution in [2.75, 3.05) is 90.0 Å². The molecule has 2 fully saturated rings. The molecule has 5 aromatic rings. The van der Waals surface area contributed by atoms with E-state index in [0.717, 1.165) is 117 Å². The molecule has 13 heteroatoms. The van der Waals surface area contributed by atoms with Crippen molar-refractivity contribution in [1.29, 1.82) is 0 Å². The van der Waals surface area contributed by atoms with E-state index < -0.39 is 0 Å². The van der Waals surface area contributed by atoms with E-state index in [4.69, 9.17) is 24.7 Å². The number of nitrogens with one attached hydrogen (secondary N) is 1. The van der Waals surface area contributed by atoms with Crippen LogP contribution < -0.4 is 20.5 Å². The molecule has 0 unspecified atom stereocenters. The summed E-state index contributed by atoms with van der Waals surface area (Å²) in [6.45, 7) is 9.97. The van der Waals surface area contributed by atoms with Crippen LogP contribution in [0.4, 0.5) is 11.4 Å². The van der Waals surface area contributed by atoms with Crippen LogP contribution in [-0.2, 0) is 34.8 Å². The van der Waals surface area contributed by atoms with Gasteiger partial charge in [0, 0.05) is 88.3 Å². The Hall–Kier alpha value is -5.21. The number of aryl methyl sites for hydroxylation is 2. The second kappa shape index (κ2) is 19.0. The molecule has 2 aromatic heterocycles. The number of carbonyl (C=O) groups is 1. The summed E-state index contributed by atoms with van der Waals surface area (Å²) in [7, 11) is 3.81. The van der Waals surface area contributed by atoms with Gasteiger partial charge in [-0.15, -0.1) is 0 Å². The molecule has 3 N–H and O–H groups in total. The monoisotopic (exact) mass is 722 g/mol. The Kier molecular flexibility index (Phi) is 13.5. The zero-order chi connectivity index (χ0) is 36.8. The summed E-state index contributed by atoms with van der Waals surface area (Å²) in [6.07, 6.45) is 3.86. The summed E-state index contributed by atoms with van der Waals surface area (Å²) in [5.74, 6) is 1.56. The molecule has 4 heterocycles. The number of aromatic nitrogens is 4. The van der Waals surface area contributed by atoms with Gasteiger partial charge >= 0.3 is 0 Å². The van der Waals surface area contributed by atoms with Gasteiger partial charge in [0.2, 0.25) is 5.91 Å². The second-order valence-corrected chi connectivity index (χ2v) is 13.0. The Morgan fingerprint density at radius 2 is 1.25 bits per heavy atom. The topological polar surface area (TPSA) is 134 Å². The van der Waals surface area contributed by atoms with Crippen LogP contribution in [0.5, 0.6) is 11.5 Å². The number of morpholine rings is 2. The molecule has 0 atom stereocenters. The van der Waals surface area contributed by atoms with Gasteiger partial charge in [0.05, 0.1) is 44.2 Å². The number of amides is 1. The molecule has 0 spiro atoms. The van der Waals surface area contributed by atoms with E-state index in [1.165, 1.54) is 0 Å². The van der Waals surface area contributed by atoms with Crippen molar-refractivity contribution >= 4 is 17.3 Å². The highest BCUT2D eigenvalue weighted by molar-refractivity contribution is 5.93. The number of benzene rings is 3. The average molecular weight is 723 g/mol. The first kappa shape index (κ1) is 37.5. The Balaban J connectivity index is 0.000000192. The van der Waals surface area contributed by atoms with Gasteiger partial charge in [0.25, 0.3) is 0 Å². The lowest BCUT2D eigenvalue weighted by Gasteiger charge is -2.26. The first-order chi connectivity index (χ1) is 25.9.